The molecule has 72 valence electrons. The third kappa shape index (κ3) is 4.28. The Morgan fingerprint density at radius 2 is 2.17 bits per heavy atom. The van der Waals surface area contributed by atoms with Gasteiger partial charge < -0.3 is 4.74 Å². The van der Waals surface area contributed by atoms with Gasteiger partial charge in [-0.15, -0.1) is 0 Å². The Kier molecular flexibility index (Phi) is 3.37. The van der Waals surface area contributed by atoms with Crippen molar-refractivity contribution in [3.05, 3.63) is 0 Å². The molecule has 5 heteroatoms. The predicted octanol–water partition coefficient (Wildman–Crippen LogP) is 1.37. The number of halogens is 1. The van der Waals surface area contributed by atoms with Gasteiger partial charge in [0.05, 0.1) is 11.9 Å². The van der Waals surface area contributed by atoms with Crippen LogP contribution in [0.25, 0.3) is 0 Å². The molecule has 0 saturated heterocycles. The van der Waals surface area contributed by atoms with Gasteiger partial charge in [-0.25, -0.2) is 8.42 Å². The van der Waals surface area contributed by atoms with Crippen LogP contribution in [0, 0.1) is 5.92 Å². The average Bonchev–Trinajstić information content (AvgIpc) is 2.67. The zero-order valence-electron chi connectivity index (χ0n) is 6.99. The van der Waals surface area contributed by atoms with Crippen molar-refractivity contribution < 1.29 is 13.2 Å². The van der Waals surface area contributed by atoms with Gasteiger partial charge in [-0.2, -0.15) is 0 Å². The molecule has 0 aliphatic heterocycles. The summed E-state index contributed by atoms with van der Waals surface area (Å²) < 4.78 is 26.4. The smallest absolute Gasteiger partial charge is 0.235 e. The molecule has 1 unspecified atom stereocenters. The van der Waals surface area contributed by atoms with E-state index in [1.807, 2.05) is 0 Å². The van der Waals surface area contributed by atoms with Crippen LogP contribution in [0.2, 0.25) is 0 Å². The first-order chi connectivity index (χ1) is 5.51. The quantitative estimate of drug-likeness (QED) is 0.647. The highest BCUT2D eigenvalue weighted by molar-refractivity contribution is 8.13. The van der Waals surface area contributed by atoms with E-state index in [4.69, 9.17) is 15.4 Å². The number of ether oxygens (including phenoxy) is 1. The Labute approximate surface area is 77.5 Å². The summed E-state index contributed by atoms with van der Waals surface area (Å²) in [6.45, 7) is 0. The molecule has 1 saturated carbocycles. The molecule has 1 aliphatic carbocycles. The zero-order valence-corrected chi connectivity index (χ0v) is 8.57. The lowest BCUT2D eigenvalue weighted by atomic mass is 10.2. The van der Waals surface area contributed by atoms with Gasteiger partial charge in [0.1, 0.15) is 0 Å². The van der Waals surface area contributed by atoms with Gasteiger partial charge in [0.15, 0.2) is 0 Å². The van der Waals surface area contributed by atoms with E-state index in [1.54, 1.807) is 0 Å². The fourth-order valence-electron chi connectivity index (χ4n) is 1.18. The lowest BCUT2D eigenvalue weighted by Gasteiger charge is -2.11. The van der Waals surface area contributed by atoms with E-state index in [1.165, 1.54) is 20.0 Å². The summed E-state index contributed by atoms with van der Waals surface area (Å²) in [7, 11) is 3.22. The van der Waals surface area contributed by atoms with Crippen molar-refractivity contribution in [3.63, 3.8) is 0 Å². The van der Waals surface area contributed by atoms with Crippen LogP contribution in [0.15, 0.2) is 0 Å². The van der Waals surface area contributed by atoms with Gasteiger partial charge in [-0.1, -0.05) is 12.8 Å². The molecule has 0 N–H and O–H groups in total. The molecule has 1 fully saturated rings. The lowest BCUT2D eigenvalue weighted by molar-refractivity contribution is 0.108. The topological polar surface area (TPSA) is 43.4 Å². The second kappa shape index (κ2) is 3.94. The molecule has 0 radical (unpaired) electrons. The molecule has 1 aliphatic rings. The molecule has 0 aromatic heterocycles. The van der Waals surface area contributed by atoms with Crippen molar-refractivity contribution in [2.24, 2.45) is 5.92 Å². The summed E-state index contributed by atoms with van der Waals surface area (Å²) in [6, 6.07) is 0. The minimum absolute atomic E-state index is 0.0679. The van der Waals surface area contributed by atoms with Crippen molar-refractivity contribution in [2.75, 3.05) is 12.9 Å². The fourth-order valence-corrected chi connectivity index (χ4v) is 2.32. The fraction of sp³-hybridized carbons (Fsp3) is 1.00. The van der Waals surface area contributed by atoms with E-state index < -0.39 is 9.05 Å². The standard InChI is InChI=1S/C7H13ClO3S/c1-11-7(4-6-2-3-6)5-12(8,9)10/h6-7H,2-5H2,1H3. The van der Waals surface area contributed by atoms with E-state index >= 15 is 0 Å². The van der Waals surface area contributed by atoms with Crippen molar-refractivity contribution in [2.45, 2.75) is 25.4 Å². The summed E-state index contributed by atoms with van der Waals surface area (Å²) in [5.41, 5.74) is 0. The SMILES string of the molecule is COC(CC1CC1)CS(=O)(=O)Cl. The summed E-state index contributed by atoms with van der Waals surface area (Å²) in [5, 5.41) is 0. The minimum atomic E-state index is -3.41. The Balaban J connectivity index is 2.33. The molecule has 0 amide bonds. The maximum Gasteiger partial charge on any atom is 0.235 e. The first kappa shape index (κ1) is 10.3. The van der Waals surface area contributed by atoms with Crippen LogP contribution in [0.5, 0.6) is 0 Å². The van der Waals surface area contributed by atoms with E-state index in [9.17, 15) is 8.42 Å². The van der Waals surface area contributed by atoms with Gasteiger partial charge in [0.2, 0.25) is 9.05 Å². The highest BCUT2D eigenvalue weighted by Crippen LogP contribution is 2.34. The summed E-state index contributed by atoms with van der Waals surface area (Å²) in [6.07, 6.45) is 2.99. The van der Waals surface area contributed by atoms with Crippen molar-refractivity contribution in [1.29, 1.82) is 0 Å². The molecule has 0 aromatic rings. The molecule has 3 nitrogen and oxygen atoms in total. The summed E-state index contributed by atoms with van der Waals surface area (Å²) in [5.74, 6) is 0.593. The Morgan fingerprint density at radius 1 is 1.58 bits per heavy atom. The number of hydrogen-bond acceptors (Lipinski definition) is 3. The van der Waals surface area contributed by atoms with Crippen LogP contribution in [0.3, 0.4) is 0 Å². The molecule has 0 aromatic carbocycles. The molecule has 0 bridgehead atoms. The first-order valence-corrected chi connectivity index (χ1v) is 6.44. The van der Waals surface area contributed by atoms with E-state index in [2.05, 4.69) is 0 Å². The second-order valence-corrected chi connectivity index (χ2v) is 6.06. The van der Waals surface area contributed by atoms with Crippen LogP contribution < -0.4 is 0 Å². The number of rotatable bonds is 5. The highest BCUT2D eigenvalue weighted by atomic mass is 35.7. The molecule has 1 atom stereocenters. The molecule has 0 spiro atoms. The van der Waals surface area contributed by atoms with Crippen LogP contribution >= 0.6 is 10.7 Å². The van der Waals surface area contributed by atoms with Gasteiger partial charge in [-0.3, -0.25) is 0 Å². The predicted molar refractivity (Wildman–Crippen MR) is 47.8 cm³/mol. The molecule has 0 heterocycles. The third-order valence-electron chi connectivity index (χ3n) is 2.01. The Morgan fingerprint density at radius 3 is 2.50 bits per heavy atom. The van der Waals surface area contributed by atoms with Crippen LogP contribution in [-0.2, 0) is 13.8 Å². The van der Waals surface area contributed by atoms with Gasteiger partial charge in [0.25, 0.3) is 0 Å². The summed E-state index contributed by atoms with van der Waals surface area (Å²) in [4.78, 5) is 0. The first-order valence-electron chi connectivity index (χ1n) is 3.96. The van der Waals surface area contributed by atoms with Crippen LogP contribution in [-0.4, -0.2) is 27.4 Å². The maximum atomic E-state index is 10.7. The van der Waals surface area contributed by atoms with Gasteiger partial charge >= 0.3 is 0 Å². The second-order valence-electron chi connectivity index (χ2n) is 3.24. The average molecular weight is 213 g/mol. The van der Waals surface area contributed by atoms with Gasteiger partial charge in [-0.05, 0) is 12.3 Å². The Hall–Kier alpha value is 0.200. The minimum Gasteiger partial charge on any atom is -0.380 e. The molecular weight excluding hydrogens is 200 g/mol. The third-order valence-corrected chi connectivity index (χ3v) is 3.16. The van der Waals surface area contributed by atoms with Crippen molar-refractivity contribution in [1.82, 2.24) is 0 Å². The van der Waals surface area contributed by atoms with Crippen molar-refractivity contribution in [3.8, 4) is 0 Å². The number of hydrogen-bond donors (Lipinski definition) is 0. The van der Waals surface area contributed by atoms with E-state index in [0.29, 0.717) is 5.92 Å². The van der Waals surface area contributed by atoms with Gasteiger partial charge in [0, 0.05) is 17.8 Å². The Bertz CT molecular complexity index is 233. The van der Waals surface area contributed by atoms with Crippen LogP contribution in [0.1, 0.15) is 19.3 Å². The molecule has 12 heavy (non-hydrogen) atoms. The molecular formula is C7H13ClO3S. The molecule has 1 rings (SSSR count). The monoisotopic (exact) mass is 212 g/mol. The largest absolute Gasteiger partial charge is 0.380 e. The lowest BCUT2D eigenvalue weighted by Crippen LogP contribution is -2.20. The highest BCUT2D eigenvalue weighted by Gasteiger charge is 2.27. The maximum absolute atomic E-state index is 10.7. The number of methoxy groups -OCH3 is 1. The zero-order chi connectivity index (χ0) is 9.19. The van der Waals surface area contributed by atoms with Crippen LogP contribution in [0.4, 0.5) is 0 Å². The van der Waals surface area contributed by atoms with Crippen molar-refractivity contribution >= 4 is 19.7 Å². The van der Waals surface area contributed by atoms with E-state index in [0.717, 1.165) is 6.42 Å². The van der Waals surface area contributed by atoms with E-state index in [-0.39, 0.29) is 11.9 Å². The normalized spacial score (nSPS) is 20.8. The summed E-state index contributed by atoms with van der Waals surface area (Å²) >= 11 is 0.